The molecule has 0 amide bonds. The fourth-order valence-corrected chi connectivity index (χ4v) is 2.51. The van der Waals surface area contributed by atoms with Gasteiger partial charge >= 0.3 is 0 Å². The maximum Gasteiger partial charge on any atom is 0.194 e. The van der Waals surface area contributed by atoms with E-state index in [0.717, 1.165) is 11.3 Å². The Morgan fingerprint density at radius 2 is 1.61 bits per heavy atom. The summed E-state index contributed by atoms with van der Waals surface area (Å²) in [4.78, 5) is 12.4. The highest BCUT2D eigenvalue weighted by Crippen LogP contribution is 2.43. The van der Waals surface area contributed by atoms with Crippen LogP contribution in [0.2, 0.25) is 0 Å². The van der Waals surface area contributed by atoms with Crippen molar-refractivity contribution < 1.29 is 23.7 Å². The lowest BCUT2D eigenvalue weighted by atomic mass is 10.0. The van der Waals surface area contributed by atoms with Crippen molar-refractivity contribution in [2.45, 2.75) is 12.2 Å². The zero-order chi connectivity index (χ0) is 16.4. The summed E-state index contributed by atoms with van der Waals surface area (Å²) in [6, 6.07) is 12.5. The SMILES string of the molecule is COc1ccc(C(=O)C2OC2c2ccc(OC)c(OC)c2)cc1. The van der Waals surface area contributed by atoms with Crippen molar-refractivity contribution in [1.82, 2.24) is 0 Å². The largest absolute Gasteiger partial charge is 0.497 e. The number of Topliss-reactive ketones (excluding diaryl/α,β-unsaturated/α-hetero) is 1. The van der Waals surface area contributed by atoms with E-state index in [0.29, 0.717) is 17.1 Å². The third-order valence-electron chi connectivity index (χ3n) is 3.86. The normalized spacial score (nSPS) is 19.1. The van der Waals surface area contributed by atoms with Gasteiger partial charge in [-0.05, 0) is 42.0 Å². The van der Waals surface area contributed by atoms with Crippen LogP contribution in [-0.2, 0) is 4.74 Å². The number of benzene rings is 2. The molecule has 2 aromatic carbocycles. The zero-order valence-electron chi connectivity index (χ0n) is 13.2. The lowest BCUT2D eigenvalue weighted by molar-refractivity contribution is 0.0953. The van der Waals surface area contributed by atoms with Crippen LogP contribution in [0.25, 0.3) is 0 Å². The molecule has 0 aromatic heterocycles. The Balaban J connectivity index is 1.74. The van der Waals surface area contributed by atoms with Crippen molar-refractivity contribution in [3.8, 4) is 17.2 Å². The Hall–Kier alpha value is -2.53. The van der Waals surface area contributed by atoms with Crippen LogP contribution in [-0.4, -0.2) is 33.2 Å². The highest BCUT2D eigenvalue weighted by molar-refractivity contribution is 6.01. The van der Waals surface area contributed by atoms with Crippen LogP contribution in [0, 0.1) is 0 Å². The fraction of sp³-hybridized carbons (Fsp3) is 0.278. The Labute approximate surface area is 134 Å². The topological polar surface area (TPSA) is 57.3 Å². The molecule has 3 rings (SSSR count). The van der Waals surface area contributed by atoms with Crippen LogP contribution in [0.1, 0.15) is 22.0 Å². The average Bonchev–Trinajstić information content (AvgIpc) is 3.41. The van der Waals surface area contributed by atoms with E-state index in [2.05, 4.69) is 0 Å². The maximum atomic E-state index is 12.4. The van der Waals surface area contributed by atoms with Crippen molar-refractivity contribution in [2.24, 2.45) is 0 Å². The van der Waals surface area contributed by atoms with Gasteiger partial charge in [-0.2, -0.15) is 0 Å². The number of rotatable bonds is 6. The summed E-state index contributed by atoms with van der Waals surface area (Å²) >= 11 is 0. The second kappa shape index (κ2) is 6.30. The first-order valence-corrected chi connectivity index (χ1v) is 7.23. The minimum absolute atomic E-state index is 0.0348. The van der Waals surface area contributed by atoms with Crippen molar-refractivity contribution in [3.05, 3.63) is 53.6 Å². The number of carbonyl (C=O) groups excluding carboxylic acids is 1. The molecule has 5 nitrogen and oxygen atoms in total. The number of ketones is 1. The summed E-state index contributed by atoms with van der Waals surface area (Å²) in [5.74, 6) is 1.95. The molecule has 5 heteroatoms. The highest BCUT2D eigenvalue weighted by atomic mass is 16.6. The predicted octanol–water partition coefficient (Wildman–Crippen LogP) is 3.04. The number of methoxy groups -OCH3 is 3. The van der Waals surface area contributed by atoms with Crippen LogP contribution in [0.3, 0.4) is 0 Å². The van der Waals surface area contributed by atoms with Crippen molar-refractivity contribution in [3.63, 3.8) is 0 Å². The van der Waals surface area contributed by atoms with Gasteiger partial charge in [-0.1, -0.05) is 6.07 Å². The molecule has 0 radical (unpaired) electrons. The average molecular weight is 314 g/mol. The molecule has 0 spiro atoms. The van der Waals surface area contributed by atoms with Gasteiger partial charge in [-0.15, -0.1) is 0 Å². The fourth-order valence-electron chi connectivity index (χ4n) is 2.51. The minimum atomic E-state index is -0.457. The molecule has 1 saturated heterocycles. The molecule has 0 N–H and O–H groups in total. The van der Waals surface area contributed by atoms with Crippen molar-refractivity contribution >= 4 is 5.78 Å². The van der Waals surface area contributed by atoms with E-state index >= 15 is 0 Å². The zero-order valence-corrected chi connectivity index (χ0v) is 13.2. The predicted molar refractivity (Wildman–Crippen MR) is 84.5 cm³/mol. The molecule has 1 aliphatic rings. The summed E-state index contributed by atoms with van der Waals surface area (Å²) < 4.78 is 21.2. The van der Waals surface area contributed by atoms with E-state index in [1.165, 1.54) is 0 Å². The van der Waals surface area contributed by atoms with E-state index < -0.39 is 6.10 Å². The Morgan fingerprint density at radius 1 is 0.913 bits per heavy atom. The highest BCUT2D eigenvalue weighted by Gasteiger charge is 2.46. The van der Waals surface area contributed by atoms with Crippen LogP contribution < -0.4 is 14.2 Å². The maximum absolute atomic E-state index is 12.4. The van der Waals surface area contributed by atoms with E-state index in [9.17, 15) is 4.79 Å². The van der Waals surface area contributed by atoms with E-state index in [-0.39, 0.29) is 11.9 Å². The van der Waals surface area contributed by atoms with Crippen LogP contribution >= 0.6 is 0 Å². The number of carbonyl (C=O) groups is 1. The monoisotopic (exact) mass is 314 g/mol. The van der Waals surface area contributed by atoms with Gasteiger partial charge < -0.3 is 18.9 Å². The van der Waals surface area contributed by atoms with Gasteiger partial charge in [-0.3, -0.25) is 4.79 Å². The molecule has 1 fully saturated rings. The number of ether oxygens (including phenoxy) is 4. The Kier molecular flexibility index (Phi) is 4.21. The van der Waals surface area contributed by atoms with Gasteiger partial charge in [0.2, 0.25) is 0 Å². The number of hydrogen-bond acceptors (Lipinski definition) is 5. The van der Waals surface area contributed by atoms with Gasteiger partial charge in [0.15, 0.2) is 23.4 Å². The van der Waals surface area contributed by atoms with Crippen LogP contribution in [0.15, 0.2) is 42.5 Å². The lowest BCUT2D eigenvalue weighted by Crippen LogP contribution is -2.08. The standard InChI is InChI=1S/C18H18O5/c1-20-13-7-4-11(5-8-13)16(19)18-17(23-18)12-6-9-14(21-2)15(10-12)22-3/h4-10,17-18H,1-3H3. The van der Waals surface area contributed by atoms with Gasteiger partial charge in [0.05, 0.1) is 21.3 Å². The Bertz CT molecular complexity index is 708. The second-order valence-electron chi connectivity index (χ2n) is 5.18. The Morgan fingerprint density at radius 3 is 2.22 bits per heavy atom. The smallest absolute Gasteiger partial charge is 0.194 e. The molecule has 0 bridgehead atoms. The molecule has 0 aliphatic carbocycles. The first kappa shape index (κ1) is 15.4. The van der Waals surface area contributed by atoms with Crippen LogP contribution in [0.5, 0.6) is 17.2 Å². The molecule has 0 saturated carbocycles. The second-order valence-corrected chi connectivity index (χ2v) is 5.18. The minimum Gasteiger partial charge on any atom is -0.497 e. The molecule has 2 atom stereocenters. The molecular formula is C18H18O5. The molecule has 2 aromatic rings. The summed E-state index contributed by atoms with van der Waals surface area (Å²) in [7, 11) is 4.75. The van der Waals surface area contributed by atoms with Gasteiger partial charge in [0.25, 0.3) is 0 Å². The third-order valence-corrected chi connectivity index (χ3v) is 3.86. The summed E-state index contributed by atoms with van der Waals surface area (Å²) in [6.45, 7) is 0. The van der Waals surface area contributed by atoms with E-state index in [4.69, 9.17) is 18.9 Å². The lowest BCUT2D eigenvalue weighted by Gasteiger charge is -2.08. The molecule has 23 heavy (non-hydrogen) atoms. The first-order chi connectivity index (χ1) is 11.2. The molecule has 1 aliphatic heterocycles. The quantitative estimate of drug-likeness (QED) is 0.606. The summed E-state index contributed by atoms with van der Waals surface area (Å²) in [5, 5.41) is 0. The van der Waals surface area contributed by atoms with Gasteiger partial charge in [0.1, 0.15) is 11.9 Å². The molecule has 1 heterocycles. The van der Waals surface area contributed by atoms with Crippen LogP contribution in [0.4, 0.5) is 0 Å². The molecule has 2 unspecified atom stereocenters. The first-order valence-electron chi connectivity index (χ1n) is 7.23. The number of hydrogen-bond donors (Lipinski definition) is 0. The van der Waals surface area contributed by atoms with Crippen molar-refractivity contribution in [1.29, 1.82) is 0 Å². The summed E-state index contributed by atoms with van der Waals surface area (Å²) in [5.41, 5.74) is 1.51. The van der Waals surface area contributed by atoms with E-state index in [1.54, 1.807) is 45.6 Å². The third kappa shape index (κ3) is 3.00. The van der Waals surface area contributed by atoms with E-state index in [1.807, 2.05) is 18.2 Å². The van der Waals surface area contributed by atoms with Crippen molar-refractivity contribution in [2.75, 3.05) is 21.3 Å². The molecule has 120 valence electrons. The molecular weight excluding hydrogens is 296 g/mol. The summed E-state index contributed by atoms with van der Waals surface area (Å²) in [6.07, 6.45) is -0.703. The number of epoxide rings is 1. The van der Waals surface area contributed by atoms with Gasteiger partial charge in [-0.25, -0.2) is 0 Å². The van der Waals surface area contributed by atoms with Gasteiger partial charge in [0, 0.05) is 5.56 Å².